The largest absolute Gasteiger partial charge is 0.493 e. The van der Waals surface area contributed by atoms with Crippen molar-refractivity contribution in [2.45, 2.75) is 13.2 Å². The quantitative estimate of drug-likeness (QED) is 0.391. The highest BCUT2D eigenvalue weighted by Gasteiger charge is 2.35. The molecule has 0 N–H and O–H groups in total. The predicted molar refractivity (Wildman–Crippen MR) is 127 cm³/mol. The van der Waals surface area contributed by atoms with Gasteiger partial charge in [-0.05, 0) is 58.8 Å². The van der Waals surface area contributed by atoms with E-state index in [9.17, 15) is 9.59 Å². The first-order valence-corrected chi connectivity index (χ1v) is 11.1. The molecule has 1 aliphatic rings. The van der Waals surface area contributed by atoms with Crippen LogP contribution in [0.4, 0.5) is 4.79 Å². The van der Waals surface area contributed by atoms with Crippen LogP contribution in [0.1, 0.15) is 16.7 Å². The Morgan fingerprint density at radius 2 is 1.69 bits per heavy atom. The third-order valence-electron chi connectivity index (χ3n) is 4.85. The second-order valence-electron chi connectivity index (χ2n) is 7.08. The maximum Gasteiger partial charge on any atom is 0.293 e. The maximum atomic E-state index is 12.8. The van der Waals surface area contributed by atoms with Crippen molar-refractivity contribution < 1.29 is 19.1 Å². The van der Waals surface area contributed by atoms with Gasteiger partial charge in [0.25, 0.3) is 11.1 Å². The van der Waals surface area contributed by atoms with Crippen LogP contribution in [-0.4, -0.2) is 23.2 Å². The summed E-state index contributed by atoms with van der Waals surface area (Å²) in [6.45, 7) is 0.589. The van der Waals surface area contributed by atoms with Crippen molar-refractivity contribution in [2.24, 2.45) is 0 Å². The van der Waals surface area contributed by atoms with Gasteiger partial charge in [-0.1, -0.05) is 60.1 Å². The van der Waals surface area contributed by atoms with Gasteiger partial charge in [-0.3, -0.25) is 14.5 Å². The number of rotatable bonds is 7. The van der Waals surface area contributed by atoms with Crippen molar-refractivity contribution >= 4 is 40.6 Å². The number of amides is 2. The molecule has 0 unspecified atom stereocenters. The summed E-state index contributed by atoms with van der Waals surface area (Å²) in [7, 11) is 1.57. The van der Waals surface area contributed by atoms with Crippen LogP contribution in [0.3, 0.4) is 0 Å². The molecule has 0 radical (unpaired) electrons. The number of nitrogens with zero attached hydrogens (tertiary/aromatic N) is 1. The average molecular weight is 466 g/mol. The summed E-state index contributed by atoms with van der Waals surface area (Å²) in [6.07, 6.45) is 1.70. The summed E-state index contributed by atoms with van der Waals surface area (Å²) in [5.74, 6) is 0.816. The van der Waals surface area contributed by atoms with Crippen molar-refractivity contribution in [3.63, 3.8) is 0 Å². The van der Waals surface area contributed by atoms with E-state index in [1.54, 1.807) is 37.5 Å². The molecule has 7 heteroatoms. The molecule has 1 fully saturated rings. The van der Waals surface area contributed by atoms with Gasteiger partial charge in [-0.15, -0.1) is 0 Å². The van der Waals surface area contributed by atoms with Gasteiger partial charge in [0.1, 0.15) is 6.61 Å². The fraction of sp³-hybridized carbons (Fsp3) is 0.120. The number of carbonyl (C=O) groups is 2. The third kappa shape index (κ3) is 5.15. The number of hydrogen-bond acceptors (Lipinski definition) is 5. The molecule has 0 bridgehead atoms. The molecule has 0 atom stereocenters. The van der Waals surface area contributed by atoms with Crippen molar-refractivity contribution in [3.8, 4) is 11.5 Å². The lowest BCUT2D eigenvalue weighted by Crippen LogP contribution is -2.27. The smallest absolute Gasteiger partial charge is 0.293 e. The Labute approximate surface area is 195 Å². The van der Waals surface area contributed by atoms with Crippen LogP contribution in [0.15, 0.2) is 77.7 Å². The van der Waals surface area contributed by atoms with Gasteiger partial charge in [0.15, 0.2) is 11.5 Å². The minimum Gasteiger partial charge on any atom is -0.493 e. The molecule has 0 aromatic heterocycles. The van der Waals surface area contributed by atoms with Gasteiger partial charge in [0.2, 0.25) is 0 Å². The summed E-state index contributed by atoms with van der Waals surface area (Å²) in [4.78, 5) is 26.9. The van der Waals surface area contributed by atoms with Crippen molar-refractivity contribution in [3.05, 3.63) is 99.4 Å². The maximum absolute atomic E-state index is 12.8. The molecule has 32 heavy (non-hydrogen) atoms. The number of methoxy groups -OCH3 is 1. The lowest BCUT2D eigenvalue weighted by molar-refractivity contribution is -0.123. The van der Waals surface area contributed by atoms with Crippen LogP contribution in [0.5, 0.6) is 11.5 Å². The second kappa shape index (κ2) is 9.94. The SMILES string of the molecule is COc1ccc(/C=C2\SC(=O)N(Cc3ccccc3)C2=O)cc1OCc1ccc(Cl)cc1. The summed E-state index contributed by atoms with van der Waals surface area (Å²) in [6, 6.07) is 22.2. The highest BCUT2D eigenvalue weighted by Crippen LogP contribution is 2.35. The fourth-order valence-corrected chi connectivity index (χ4v) is 4.16. The van der Waals surface area contributed by atoms with Gasteiger partial charge in [0.05, 0.1) is 18.6 Å². The Morgan fingerprint density at radius 3 is 2.41 bits per heavy atom. The number of benzene rings is 3. The van der Waals surface area contributed by atoms with Crippen LogP contribution >= 0.6 is 23.4 Å². The summed E-state index contributed by atoms with van der Waals surface area (Å²) in [5.41, 5.74) is 2.60. The predicted octanol–water partition coefficient (Wildman–Crippen LogP) is 6.16. The number of hydrogen-bond donors (Lipinski definition) is 0. The Balaban J connectivity index is 1.51. The van der Waals surface area contributed by atoms with E-state index in [0.29, 0.717) is 28.0 Å². The van der Waals surface area contributed by atoms with Crippen LogP contribution in [0, 0.1) is 0 Å². The van der Waals surface area contributed by atoms with Crippen LogP contribution in [0.2, 0.25) is 5.02 Å². The van der Waals surface area contributed by atoms with Gasteiger partial charge < -0.3 is 9.47 Å². The Morgan fingerprint density at radius 1 is 0.938 bits per heavy atom. The number of halogens is 1. The van der Waals surface area contributed by atoms with E-state index in [2.05, 4.69) is 0 Å². The molecule has 162 valence electrons. The molecule has 3 aromatic carbocycles. The monoisotopic (exact) mass is 465 g/mol. The number of carbonyl (C=O) groups excluding carboxylic acids is 2. The summed E-state index contributed by atoms with van der Waals surface area (Å²) >= 11 is 6.87. The van der Waals surface area contributed by atoms with Crippen LogP contribution in [0.25, 0.3) is 6.08 Å². The zero-order chi connectivity index (χ0) is 22.5. The van der Waals surface area contributed by atoms with Crippen LogP contribution < -0.4 is 9.47 Å². The lowest BCUT2D eigenvalue weighted by Gasteiger charge is -2.12. The van der Waals surface area contributed by atoms with Gasteiger partial charge in [0, 0.05) is 5.02 Å². The van der Waals surface area contributed by atoms with E-state index in [0.717, 1.165) is 28.5 Å². The van der Waals surface area contributed by atoms with E-state index >= 15 is 0 Å². The second-order valence-corrected chi connectivity index (χ2v) is 8.51. The highest BCUT2D eigenvalue weighted by molar-refractivity contribution is 8.18. The first-order chi connectivity index (χ1) is 15.5. The lowest BCUT2D eigenvalue weighted by atomic mass is 10.1. The molecule has 0 saturated carbocycles. The van der Waals surface area contributed by atoms with Crippen molar-refractivity contribution in [1.82, 2.24) is 4.90 Å². The van der Waals surface area contributed by atoms with E-state index in [1.807, 2.05) is 48.5 Å². The zero-order valence-corrected chi connectivity index (χ0v) is 18.9. The molecule has 5 nitrogen and oxygen atoms in total. The number of ether oxygens (including phenoxy) is 2. The van der Waals surface area contributed by atoms with Crippen molar-refractivity contribution in [1.29, 1.82) is 0 Å². The van der Waals surface area contributed by atoms with E-state index in [4.69, 9.17) is 21.1 Å². The molecular formula is C25H20ClNO4S. The fourth-order valence-electron chi connectivity index (χ4n) is 3.19. The summed E-state index contributed by atoms with van der Waals surface area (Å²) in [5, 5.41) is 0.382. The molecule has 0 spiro atoms. The van der Waals surface area contributed by atoms with E-state index in [1.165, 1.54) is 4.90 Å². The van der Waals surface area contributed by atoms with E-state index < -0.39 is 0 Å². The first kappa shape index (κ1) is 22.0. The van der Waals surface area contributed by atoms with Gasteiger partial charge in [-0.2, -0.15) is 0 Å². The molecule has 1 aliphatic heterocycles. The average Bonchev–Trinajstić information content (AvgIpc) is 3.07. The van der Waals surface area contributed by atoms with Crippen LogP contribution in [-0.2, 0) is 17.9 Å². The Bertz CT molecular complexity index is 1160. The minimum atomic E-state index is -0.302. The van der Waals surface area contributed by atoms with Crippen molar-refractivity contribution in [2.75, 3.05) is 7.11 Å². The standard InChI is InChI=1S/C25H20ClNO4S/c1-30-21-12-9-19(13-22(21)31-16-18-7-10-20(26)11-8-18)14-23-24(28)27(25(29)32-23)15-17-5-3-2-4-6-17/h2-14H,15-16H2,1H3/b23-14-. The molecule has 1 saturated heterocycles. The molecular weight excluding hydrogens is 446 g/mol. The zero-order valence-electron chi connectivity index (χ0n) is 17.3. The Hall–Kier alpha value is -3.22. The minimum absolute atomic E-state index is 0.251. The molecule has 3 aromatic rings. The Kier molecular flexibility index (Phi) is 6.83. The molecule has 0 aliphatic carbocycles. The van der Waals surface area contributed by atoms with Gasteiger partial charge >= 0.3 is 0 Å². The normalized spacial score (nSPS) is 14.8. The third-order valence-corrected chi connectivity index (χ3v) is 6.01. The number of imide groups is 1. The van der Waals surface area contributed by atoms with Gasteiger partial charge in [-0.25, -0.2) is 0 Å². The van der Waals surface area contributed by atoms with E-state index in [-0.39, 0.29) is 17.7 Å². The first-order valence-electron chi connectivity index (χ1n) is 9.88. The molecule has 1 heterocycles. The highest BCUT2D eigenvalue weighted by atomic mass is 35.5. The summed E-state index contributed by atoms with van der Waals surface area (Å²) < 4.78 is 11.3. The molecule has 2 amide bonds. The topological polar surface area (TPSA) is 55.8 Å². The molecule has 4 rings (SSSR count). The number of thioether (sulfide) groups is 1.